The summed E-state index contributed by atoms with van der Waals surface area (Å²) in [7, 11) is 0. The van der Waals surface area contributed by atoms with Crippen LogP contribution in [0.2, 0.25) is 0 Å². The summed E-state index contributed by atoms with van der Waals surface area (Å²) in [4.78, 5) is 12.0. The van der Waals surface area contributed by atoms with E-state index in [4.69, 9.17) is 12.2 Å². The van der Waals surface area contributed by atoms with Gasteiger partial charge in [0.1, 0.15) is 5.82 Å². The fraction of sp³-hybridized carbons (Fsp3) is 0.176. The van der Waals surface area contributed by atoms with Gasteiger partial charge in [-0.05, 0) is 61.5 Å². The second kappa shape index (κ2) is 7.69. The van der Waals surface area contributed by atoms with Crippen molar-refractivity contribution in [3.05, 3.63) is 59.4 Å². The van der Waals surface area contributed by atoms with Crippen molar-refractivity contribution in [2.45, 2.75) is 13.8 Å². The lowest BCUT2D eigenvalue weighted by atomic mass is 10.1. The lowest BCUT2D eigenvalue weighted by Gasteiger charge is -2.13. The number of nitrogens with one attached hydrogen (secondary N) is 3. The Labute approximate surface area is 140 Å². The largest absolute Gasteiger partial charge is 0.353 e. The highest BCUT2D eigenvalue weighted by atomic mass is 32.1. The monoisotopic (exact) mass is 331 g/mol. The van der Waals surface area contributed by atoms with Gasteiger partial charge < -0.3 is 16.0 Å². The molecule has 0 spiro atoms. The second-order valence-corrected chi connectivity index (χ2v) is 5.54. The van der Waals surface area contributed by atoms with E-state index < -0.39 is 0 Å². The maximum atomic E-state index is 12.8. The zero-order chi connectivity index (χ0) is 16.8. The average molecular weight is 331 g/mol. The Kier molecular flexibility index (Phi) is 5.65. The minimum Gasteiger partial charge on any atom is -0.353 e. The molecule has 0 aliphatic heterocycles. The van der Waals surface area contributed by atoms with Crippen LogP contribution in [0.3, 0.4) is 0 Å². The number of benzene rings is 2. The first-order valence-corrected chi connectivity index (χ1v) is 7.53. The SMILES string of the molecule is Cc1cccc(C)c1NC(=O)CNC(=S)Nc1ccc(F)cc1. The van der Waals surface area contributed by atoms with Crippen LogP contribution >= 0.6 is 12.2 Å². The van der Waals surface area contributed by atoms with Crippen molar-refractivity contribution >= 4 is 34.6 Å². The molecule has 2 rings (SSSR count). The topological polar surface area (TPSA) is 53.2 Å². The van der Waals surface area contributed by atoms with Crippen LogP contribution in [0.4, 0.5) is 15.8 Å². The molecule has 0 unspecified atom stereocenters. The second-order valence-electron chi connectivity index (χ2n) is 5.13. The highest BCUT2D eigenvalue weighted by Gasteiger charge is 2.07. The van der Waals surface area contributed by atoms with Gasteiger partial charge >= 0.3 is 0 Å². The summed E-state index contributed by atoms with van der Waals surface area (Å²) in [6.07, 6.45) is 0. The number of aryl methyl sites for hydroxylation is 2. The standard InChI is InChI=1S/C17H18FN3OS/c1-11-4-3-5-12(2)16(11)21-15(22)10-19-17(23)20-14-8-6-13(18)7-9-14/h3-9H,10H2,1-2H3,(H,21,22)(H2,19,20,23). The van der Waals surface area contributed by atoms with E-state index in [0.717, 1.165) is 16.8 Å². The Balaban J connectivity index is 1.84. The Hall–Kier alpha value is -2.47. The van der Waals surface area contributed by atoms with Crippen molar-refractivity contribution in [2.75, 3.05) is 17.2 Å². The molecule has 0 radical (unpaired) electrons. The quantitative estimate of drug-likeness (QED) is 0.752. The average Bonchev–Trinajstić information content (AvgIpc) is 2.51. The molecule has 0 aromatic heterocycles. The van der Waals surface area contributed by atoms with E-state index in [1.807, 2.05) is 32.0 Å². The van der Waals surface area contributed by atoms with Crippen molar-refractivity contribution in [1.29, 1.82) is 0 Å². The van der Waals surface area contributed by atoms with E-state index in [-0.39, 0.29) is 18.3 Å². The van der Waals surface area contributed by atoms with Crippen LogP contribution in [0.25, 0.3) is 0 Å². The minimum atomic E-state index is -0.317. The molecule has 0 saturated heterocycles. The molecule has 0 heterocycles. The Morgan fingerprint density at radius 2 is 1.65 bits per heavy atom. The predicted molar refractivity (Wildman–Crippen MR) is 95.2 cm³/mol. The van der Waals surface area contributed by atoms with Gasteiger partial charge in [-0.1, -0.05) is 18.2 Å². The molecule has 0 aliphatic rings. The highest BCUT2D eigenvalue weighted by Crippen LogP contribution is 2.19. The summed E-state index contributed by atoms with van der Waals surface area (Å²) in [6.45, 7) is 3.92. The fourth-order valence-corrected chi connectivity index (χ4v) is 2.25. The van der Waals surface area contributed by atoms with Crippen LogP contribution in [0.15, 0.2) is 42.5 Å². The third-order valence-corrected chi connectivity index (χ3v) is 3.50. The van der Waals surface area contributed by atoms with E-state index in [1.165, 1.54) is 12.1 Å². The van der Waals surface area contributed by atoms with Gasteiger partial charge in [0.15, 0.2) is 5.11 Å². The number of carbonyl (C=O) groups excluding carboxylic acids is 1. The molecule has 3 N–H and O–H groups in total. The van der Waals surface area contributed by atoms with Crippen LogP contribution in [0, 0.1) is 19.7 Å². The summed E-state index contributed by atoms with van der Waals surface area (Å²) in [6, 6.07) is 11.6. The van der Waals surface area contributed by atoms with E-state index in [1.54, 1.807) is 12.1 Å². The lowest BCUT2D eigenvalue weighted by Crippen LogP contribution is -2.35. The molecule has 1 amide bonds. The Bertz CT molecular complexity index is 696. The molecule has 0 fully saturated rings. The molecule has 23 heavy (non-hydrogen) atoms. The maximum absolute atomic E-state index is 12.8. The predicted octanol–water partition coefficient (Wildman–Crippen LogP) is 3.37. The molecule has 0 saturated carbocycles. The van der Waals surface area contributed by atoms with Crippen LogP contribution in [0.1, 0.15) is 11.1 Å². The van der Waals surface area contributed by atoms with E-state index in [0.29, 0.717) is 10.8 Å². The van der Waals surface area contributed by atoms with Gasteiger partial charge in [0.25, 0.3) is 0 Å². The number of para-hydroxylation sites is 1. The molecule has 0 aliphatic carbocycles. The molecule has 120 valence electrons. The number of thiocarbonyl (C=S) groups is 1. The zero-order valence-electron chi connectivity index (χ0n) is 12.9. The van der Waals surface area contributed by atoms with Crippen LogP contribution in [0.5, 0.6) is 0 Å². The van der Waals surface area contributed by atoms with Gasteiger partial charge in [-0.15, -0.1) is 0 Å². The van der Waals surface area contributed by atoms with E-state index >= 15 is 0 Å². The van der Waals surface area contributed by atoms with Crippen molar-refractivity contribution < 1.29 is 9.18 Å². The zero-order valence-corrected chi connectivity index (χ0v) is 13.8. The first-order valence-electron chi connectivity index (χ1n) is 7.12. The molecule has 2 aromatic carbocycles. The van der Waals surface area contributed by atoms with Crippen LogP contribution in [-0.4, -0.2) is 17.6 Å². The number of halogens is 1. The van der Waals surface area contributed by atoms with Gasteiger partial charge in [0.05, 0.1) is 6.54 Å². The summed E-state index contributed by atoms with van der Waals surface area (Å²) in [5, 5.41) is 8.87. The summed E-state index contributed by atoms with van der Waals surface area (Å²) in [5.74, 6) is -0.506. The first-order chi connectivity index (χ1) is 11.0. The van der Waals surface area contributed by atoms with E-state index in [9.17, 15) is 9.18 Å². The van der Waals surface area contributed by atoms with Crippen molar-refractivity contribution in [3.8, 4) is 0 Å². The van der Waals surface area contributed by atoms with Gasteiger partial charge in [-0.2, -0.15) is 0 Å². The summed E-state index contributed by atoms with van der Waals surface area (Å²) < 4.78 is 12.8. The molecule has 6 heteroatoms. The molecular formula is C17H18FN3OS. The third kappa shape index (κ3) is 5.03. The molecule has 2 aromatic rings. The highest BCUT2D eigenvalue weighted by molar-refractivity contribution is 7.80. The first kappa shape index (κ1) is 16.9. The molecule has 4 nitrogen and oxygen atoms in total. The van der Waals surface area contributed by atoms with Gasteiger partial charge in [0.2, 0.25) is 5.91 Å². The minimum absolute atomic E-state index is 0.0425. The Morgan fingerprint density at radius 1 is 1.04 bits per heavy atom. The van der Waals surface area contributed by atoms with Gasteiger partial charge in [-0.25, -0.2) is 4.39 Å². The summed E-state index contributed by atoms with van der Waals surface area (Å²) in [5.41, 5.74) is 3.48. The normalized spacial score (nSPS) is 10.0. The number of hydrogen-bond donors (Lipinski definition) is 3. The smallest absolute Gasteiger partial charge is 0.243 e. The molecule has 0 bridgehead atoms. The van der Waals surface area contributed by atoms with Crippen molar-refractivity contribution in [1.82, 2.24) is 5.32 Å². The number of rotatable bonds is 4. The van der Waals surface area contributed by atoms with E-state index in [2.05, 4.69) is 16.0 Å². The molecule has 0 atom stereocenters. The third-order valence-electron chi connectivity index (χ3n) is 3.26. The fourth-order valence-electron chi connectivity index (χ4n) is 2.06. The van der Waals surface area contributed by atoms with Crippen molar-refractivity contribution in [3.63, 3.8) is 0 Å². The maximum Gasteiger partial charge on any atom is 0.243 e. The summed E-state index contributed by atoms with van der Waals surface area (Å²) >= 11 is 5.11. The molecular weight excluding hydrogens is 313 g/mol. The lowest BCUT2D eigenvalue weighted by molar-refractivity contribution is -0.115. The Morgan fingerprint density at radius 3 is 2.26 bits per heavy atom. The van der Waals surface area contributed by atoms with Crippen LogP contribution < -0.4 is 16.0 Å². The number of amides is 1. The van der Waals surface area contributed by atoms with Crippen molar-refractivity contribution in [2.24, 2.45) is 0 Å². The number of anilines is 2. The van der Waals surface area contributed by atoms with Gasteiger partial charge in [-0.3, -0.25) is 4.79 Å². The van der Waals surface area contributed by atoms with Crippen LogP contribution in [-0.2, 0) is 4.79 Å². The number of hydrogen-bond acceptors (Lipinski definition) is 2. The number of carbonyl (C=O) groups is 1. The van der Waals surface area contributed by atoms with Gasteiger partial charge in [0, 0.05) is 11.4 Å².